The van der Waals surface area contributed by atoms with E-state index in [1.54, 1.807) is 18.5 Å². The number of nitrogens with one attached hydrogen (secondary N) is 2. The first kappa shape index (κ1) is 16.6. The Morgan fingerprint density at radius 3 is 2.69 bits per heavy atom. The molecule has 1 saturated heterocycles. The van der Waals surface area contributed by atoms with Crippen molar-refractivity contribution >= 4 is 22.8 Å². The van der Waals surface area contributed by atoms with Crippen LogP contribution in [0.3, 0.4) is 0 Å². The summed E-state index contributed by atoms with van der Waals surface area (Å²) < 4.78 is 0. The third-order valence-corrected chi connectivity index (χ3v) is 5.03. The molecule has 6 heteroatoms. The molecule has 2 N–H and O–H groups in total. The predicted molar refractivity (Wildman–Crippen MR) is 102 cm³/mol. The number of nitrogens with zero attached hydrogens (tertiary/aromatic N) is 3. The van der Waals surface area contributed by atoms with E-state index in [9.17, 15) is 4.79 Å². The highest BCUT2D eigenvalue weighted by atomic mass is 16.2. The molecule has 1 aromatic carbocycles. The number of anilines is 1. The molecule has 0 saturated carbocycles. The molecule has 0 spiro atoms. The van der Waals surface area contributed by atoms with Crippen LogP contribution in [0.4, 0.5) is 5.95 Å². The van der Waals surface area contributed by atoms with E-state index in [2.05, 4.69) is 50.6 Å². The number of likely N-dealkylation sites (tertiary alicyclic amines) is 1. The molecule has 1 fully saturated rings. The van der Waals surface area contributed by atoms with E-state index in [-0.39, 0.29) is 5.91 Å². The summed E-state index contributed by atoms with van der Waals surface area (Å²) in [5.41, 5.74) is 2.48. The summed E-state index contributed by atoms with van der Waals surface area (Å²) in [6.07, 6.45) is 5.86. The lowest BCUT2D eigenvalue weighted by atomic mass is 9.93. The van der Waals surface area contributed by atoms with Gasteiger partial charge in [-0.3, -0.25) is 4.79 Å². The summed E-state index contributed by atoms with van der Waals surface area (Å²) in [5.74, 6) is 1.27. The second-order valence-corrected chi connectivity index (χ2v) is 6.72. The quantitative estimate of drug-likeness (QED) is 0.742. The maximum Gasteiger partial charge on any atom is 0.224 e. The van der Waals surface area contributed by atoms with Crippen molar-refractivity contribution in [2.24, 2.45) is 0 Å². The van der Waals surface area contributed by atoms with Gasteiger partial charge in [-0.25, -0.2) is 9.97 Å². The van der Waals surface area contributed by atoms with Crippen molar-refractivity contribution < 1.29 is 4.79 Å². The molecule has 1 aliphatic rings. The van der Waals surface area contributed by atoms with Crippen LogP contribution >= 0.6 is 0 Å². The molecule has 26 heavy (non-hydrogen) atoms. The van der Waals surface area contributed by atoms with Gasteiger partial charge >= 0.3 is 0 Å². The number of para-hydroxylation sites is 1. The number of amides is 1. The standard InChI is InChI=1S/C20H23N5O/c26-19(6-11-23-20-21-9-3-10-22-20)25-12-7-15(8-13-25)18-14-16-4-1-2-5-17(16)24-18/h1-5,9-10,14-15,24H,6-8,11-13H2,(H,21,22,23). The Morgan fingerprint density at radius 1 is 1.15 bits per heavy atom. The number of carbonyl (C=O) groups excluding carboxylic acids is 1. The number of aromatic nitrogens is 3. The predicted octanol–water partition coefficient (Wildman–Crippen LogP) is 3.17. The zero-order valence-electron chi connectivity index (χ0n) is 14.7. The number of piperidine rings is 1. The van der Waals surface area contributed by atoms with Crippen molar-refractivity contribution in [3.8, 4) is 0 Å². The molecular weight excluding hydrogens is 326 g/mol. The maximum absolute atomic E-state index is 12.4. The highest BCUT2D eigenvalue weighted by molar-refractivity contribution is 5.80. The number of hydrogen-bond acceptors (Lipinski definition) is 4. The van der Waals surface area contributed by atoms with Crippen LogP contribution in [-0.2, 0) is 4.79 Å². The molecule has 1 aliphatic heterocycles. The van der Waals surface area contributed by atoms with Crippen LogP contribution in [-0.4, -0.2) is 45.4 Å². The Balaban J connectivity index is 1.27. The average molecular weight is 349 g/mol. The Bertz CT molecular complexity index is 835. The number of carbonyl (C=O) groups is 1. The normalized spacial score (nSPS) is 15.3. The van der Waals surface area contributed by atoms with E-state index in [1.807, 2.05) is 4.90 Å². The molecule has 0 unspecified atom stereocenters. The zero-order valence-corrected chi connectivity index (χ0v) is 14.7. The third-order valence-electron chi connectivity index (χ3n) is 5.03. The van der Waals surface area contributed by atoms with Crippen molar-refractivity contribution in [2.45, 2.75) is 25.2 Å². The van der Waals surface area contributed by atoms with Gasteiger partial charge in [0.15, 0.2) is 0 Å². The second-order valence-electron chi connectivity index (χ2n) is 6.72. The number of rotatable bonds is 5. The van der Waals surface area contributed by atoms with Gasteiger partial charge in [0.25, 0.3) is 0 Å². The van der Waals surface area contributed by atoms with Crippen LogP contribution in [0, 0.1) is 0 Å². The first-order valence-corrected chi connectivity index (χ1v) is 9.16. The summed E-state index contributed by atoms with van der Waals surface area (Å²) in [6, 6.07) is 12.4. The van der Waals surface area contributed by atoms with Gasteiger partial charge in [0.2, 0.25) is 11.9 Å². The van der Waals surface area contributed by atoms with E-state index in [4.69, 9.17) is 0 Å². The molecule has 3 heterocycles. The van der Waals surface area contributed by atoms with Crippen LogP contribution < -0.4 is 5.32 Å². The number of hydrogen-bond donors (Lipinski definition) is 2. The van der Waals surface area contributed by atoms with Crippen molar-refractivity contribution in [3.63, 3.8) is 0 Å². The Labute approximate surface area is 152 Å². The van der Waals surface area contributed by atoms with Crippen LogP contribution in [0.2, 0.25) is 0 Å². The summed E-state index contributed by atoms with van der Waals surface area (Å²) in [7, 11) is 0. The van der Waals surface area contributed by atoms with Gasteiger partial charge in [0.1, 0.15) is 0 Å². The largest absolute Gasteiger partial charge is 0.358 e. The van der Waals surface area contributed by atoms with Crippen molar-refractivity contribution in [3.05, 3.63) is 54.5 Å². The van der Waals surface area contributed by atoms with Crippen molar-refractivity contribution in [1.29, 1.82) is 0 Å². The number of fused-ring (bicyclic) bond motifs is 1. The molecule has 2 aromatic heterocycles. The minimum Gasteiger partial charge on any atom is -0.358 e. The smallest absolute Gasteiger partial charge is 0.224 e. The maximum atomic E-state index is 12.4. The lowest BCUT2D eigenvalue weighted by Crippen LogP contribution is -2.38. The first-order chi connectivity index (χ1) is 12.8. The number of benzene rings is 1. The fourth-order valence-corrected chi connectivity index (χ4v) is 3.59. The van der Waals surface area contributed by atoms with Gasteiger partial charge < -0.3 is 15.2 Å². The van der Waals surface area contributed by atoms with E-state index in [0.717, 1.165) is 25.9 Å². The summed E-state index contributed by atoms with van der Waals surface area (Å²) in [6.45, 7) is 2.20. The van der Waals surface area contributed by atoms with Crippen molar-refractivity contribution in [1.82, 2.24) is 19.9 Å². The average Bonchev–Trinajstić information content (AvgIpc) is 3.13. The Hall–Kier alpha value is -2.89. The summed E-state index contributed by atoms with van der Waals surface area (Å²) >= 11 is 0. The second kappa shape index (κ2) is 7.56. The van der Waals surface area contributed by atoms with E-state index in [0.29, 0.717) is 24.8 Å². The van der Waals surface area contributed by atoms with Crippen LogP contribution in [0.25, 0.3) is 10.9 Å². The number of aromatic amines is 1. The molecule has 0 bridgehead atoms. The zero-order chi connectivity index (χ0) is 17.8. The van der Waals surface area contributed by atoms with Gasteiger partial charge in [-0.2, -0.15) is 0 Å². The molecule has 134 valence electrons. The summed E-state index contributed by atoms with van der Waals surface area (Å²) in [4.78, 5) is 26.1. The Kier molecular flexibility index (Phi) is 4.82. The monoisotopic (exact) mass is 349 g/mol. The lowest BCUT2D eigenvalue weighted by Gasteiger charge is -2.31. The van der Waals surface area contributed by atoms with E-state index >= 15 is 0 Å². The molecule has 1 amide bonds. The summed E-state index contributed by atoms with van der Waals surface area (Å²) in [5, 5.41) is 4.35. The van der Waals surface area contributed by atoms with Crippen molar-refractivity contribution in [2.75, 3.05) is 25.0 Å². The first-order valence-electron chi connectivity index (χ1n) is 9.16. The van der Waals surface area contributed by atoms with Gasteiger partial charge in [-0.15, -0.1) is 0 Å². The van der Waals surface area contributed by atoms with Gasteiger partial charge in [-0.1, -0.05) is 18.2 Å². The molecule has 0 radical (unpaired) electrons. The fraction of sp³-hybridized carbons (Fsp3) is 0.350. The molecule has 4 rings (SSSR count). The van der Waals surface area contributed by atoms with Crippen LogP contribution in [0.5, 0.6) is 0 Å². The third kappa shape index (κ3) is 3.69. The molecule has 3 aromatic rings. The molecule has 0 atom stereocenters. The fourth-order valence-electron chi connectivity index (χ4n) is 3.59. The van der Waals surface area contributed by atoms with Crippen LogP contribution in [0.1, 0.15) is 30.9 Å². The van der Waals surface area contributed by atoms with E-state index < -0.39 is 0 Å². The molecular formula is C20H23N5O. The van der Waals surface area contributed by atoms with Gasteiger partial charge in [-0.05, 0) is 36.4 Å². The van der Waals surface area contributed by atoms with Gasteiger partial charge in [0, 0.05) is 55.6 Å². The highest BCUT2D eigenvalue weighted by Crippen LogP contribution is 2.30. The van der Waals surface area contributed by atoms with Crippen LogP contribution in [0.15, 0.2) is 48.8 Å². The number of H-pyrrole nitrogens is 1. The SMILES string of the molecule is O=C(CCNc1ncccn1)N1CCC(c2cc3ccccc3[nH]2)CC1. The lowest BCUT2D eigenvalue weighted by molar-refractivity contribution is -0.131. The minimum atomic E-state index is 0.198. The molecule has 0 aliphatic carbocycles. The topological polar surface area (TPSA) is 73.9 Å². The highest BCUT2D eigenvalue weighted by Gasteiger charge is 2.24. The minimum absolute atomic E-state index is 0.198. The Morgan fingerprint density at radius 2 is 1.92 bits per heavy atom. The molecule has 6 nitrogen and oxygen atoms in total. The van der Waals surface area contributed by atoms with E-state index in [1.165, 1.54) is 16.6 Å². The van der Waals surface area contributed by atoms with Gasteiger partial charge in [0.05, 0.1) is 0 Å².